The monoisotopic (exact) mass is 330 g/mol. The van der Waals surface area contributed by atoms with Crippen LogP contribution in [0, 0.1) is 6.92 Å². The molecule has 2 atom stereocenters. The van der Waals surface area contributed by atoms with Crippen LogP contribution in [0.2, 0.25) is 0 Å². The number of nitrogens with two attached hydrogens (primary N) is 1. The number of hydrogen-bond donors (Lipinski definition) is 3. The van der Waals surface area contributed by atoms with Gasteiger partial charge in [-0.2, -0.15) is 0 Å². The molecule has 1 heterocycles. The van der Waals surface area contributed by atoms with E-state index in [9.17, 15) is 4.79 Å². The van der Waals surface area contributed by atoms with Crippen LogP contribution in [-0.4, -0.2) is 29.0 Å². The highest BCUT2D eigenvalue weighted by atomic mass is 16.2. The number of nitrogens with one attached hydrogen (secondary N) is 2. The van der Waals surface area contributed by atoms with Gasteiger partial charge in [0.05, 0.1) is 5.69 Å². The smallest absolute Gasteiger partial charge is 0.239 e. The van der Waals surface area contributed by atoms with E-state index in [0.717, 1.165) is 37.9 Å². The van der Waals surface area contributed by atoms with Gasteiger partial charge in [0.25, 0.3) is 0 Å². The molecule has 0 aromatic heterocycles. The number of hydrogen-bond acceptors (Lipinski definition) is 4. The second-order valence-corrected chi connectivity index (χ2v) is 8.15. The van der Waals surface area contributed by atoms with Crippen molar-refractivity contribution in [3.05, 3.63) is 28.8 Å². The van der Waals surface area contributed by atoms with Crippen LogP contribution in [-0.2, 0) is 11.2 Å². The topological polar surface area (TPSA) is 70.4 Å². The van der Waals surface area contributed by atoms with Gasteiger partial charge >= 0.3 is 0 Å². The van der Waals surface area contributed by atoms with Gasteiger partial charge in [-0.1, -0.05) is 6.07 Å². The minimum Gasteiger partial charge on any atom is -0.350 e. The first-order chi connectivity index (χ1) is 11.3. The lowest BCUT2D eigenvalue weighted by Crippen LogP contribution is -2.51. The van der Waals surface area contributed by atoms with Gasteiger partial charge in [0.1, 0.15) is 6.04 Å². The van der Waals surface area contributed by atoms with Crippen LogP contribution in [0.15, 0.2) is 12.1 Å². The standard InChI is InChI=1S/C19H30N4O/c1-12-13-7-9-15(20)14(13)8-10-16(12)22-23-11-5-6-17(23)18(24)21-19(2,3)4/h8,10,15,17,22H,5-7,9,11,20H2,1-4H3,(H,21,24)/t15?,17-/m0/s1. The Morgan fingerprint density at radius 1 is 1.29 bits per heavy atom. The highest BCUT2D eigenvalue weighted by molar-refractivity contribution is 5.83. The molecular formula is C19H30N4O. The molecule has 1 aliphatic carbocycles. The minimum atomic E-state index is -0.203. The highest BCUT2D eigenvalue weighted by Crippen LogP contribution is 2.35. The van der Waals surface area contributed by atoms with E-state index in [4.69, 9.17) is 5.73 Å². The number of anilines is 1. The molecule has 24 heavy (non-hydrogen) atoms. The maximum atomic E-state index is 12.6. The predicted molar refractivity (Wildman–Crippen MR) is 97.7 cm³/mol. The third kappa shape index (κ3) is 3.42. The first-order valence-electron chi connectivity index (χ1n) is 8.99. The Labute approximate surface area is 144 Å². The molecule has 5 heteroatoms. The molecule has 3 rings (SSSR count). The van der Waals surface area contributed by atoms with Crippen LogP contribution in [0.4, 0.5) is 5.69 Å². The number of amides is 1. The molecule has 1 amide bonds. The summed E-state index contributed by atoms with van der Waals surface area (Å²) in [7, 11) is 0. The van der Waals surface area contributed by atoms with Crippen LogP contribution >= 0.6 is 0 Å². The Bertz CT molecular complexity index is 635. The van der Waals surface area contributed by atoms with Crippen LogP contribution in [0.25, 0.3) is 0 Å². The number of hydrazine groups is 1. The van der Waals surface area contributed by atoms with Gasteiger partial charge in [0, 0.05) is 18.1 Å². The molecule has 1 saturated heterocycles. The van der Waals surface area contributed by atoms with Crippen molar-refractivity contribution in [3.63, 3.8) is 0 Å². The lowest BCUT2D eigenvalue weighted by molar-refractivity contribution is -0.126. The molecule has 0 spiro atoms. The summed E-state index contributed by atoms with van der Waals surface area (Å²) in [5.74, 6) is 0.105. The Morgan fingerprint density at radius 3 is 2.75 bits per heavy atom. The normalized spacial score (nSPS) is 24.0. The Hall–Kier alpha value is -1.59. The Balaban J connectivity index is 1.75. The van der Waals surface area contributed by atoms with Crippen LogP contribution in [0.5, 0.6) is 0 Å². The van der Waals surface area contributed by atoms with Gasteiger partial charge in [0.2, 0.25) is 5.91 Å². The number of benzene rings is 1. The number of rotatable bonds is 3. The molecule has 1 fully saturated rings. The molecule has 2 aliphatic rings. The maximum Gasteiger partial charge on any atom is 0.239 e. The molecular weight excluding hydrogens is 300 g/mol. The largest absolute Gasteiger partial charge is 0.350 e. The zero-order valence-corrected chi connectivity index (χ0v) is 15.3. The van der Waals surface area contributed by atoms with Crippen LogP contribution in [0.3, 0.4) is 0 Å². The van der Waals surface area contributed by atoms with E-state index in [0.29, 0.717) is 0 Å². The predicted octanol–water partition coefficient (Wildman–Crippen LogP) is 2.65. The van der Waals surface area contributed by atoms with Gasteiger partial charge < -0.3 is 16.5 Å². The molecule has 0 saturated carbocycles. The molecule has 1 unspecified atom stereocenters. The zero-order chi connectivity index (χ0) is 17.5. The first-order valence-corrected chi connectivity index (χ1v) is 8.99. The second-order valence-electron chi connectivity index (χ2n) is 8.15. The number of carbonyl (C=O) groups is 1. The van der Waals surface area contributed by atoms with Gasteiger partial charge in [0.15, 0.2) is 0 Å². The average Bonchev–Trinajstić information content (AvgIpc) is 3.08. The summed E-state index contributed by atoms with van der Waals surface area (Å²) in [5.41, 5.74) is 14.5. The molecule has 1 aromatic carbocycles. The van der Waals surface area contributed by atoms with Gasteiger partial charge in [-0.3, -0.25) is 4.79 Å². The van der Waals surface area contributed by atoms with E-state index in [1.165, 1.54) is 16.7 Å². The summed E-state index contributed by atoms with van der Waals surface area (Å²) in [6.45, 7) is 9.10. The Morgan fingerprint density at radius 2 is 2.04 bits per heavy atom. The van der Waals surface area contributed by atoms with Crippen molar-refractivity contribution in [1.29, 1.82) is 0 Å². The lowest BCUT2D eigenvalue weighted by Gasteiger charge is -2.29. The third-order valence-corrected chi connectivity index (χ3v) is 5.06. The quantitative estimate of drug-likeness (QED) is 0.797. The molecule has 1 aliphatic heterocycles. The fourth-order valence-corrected chi connectivity index (χ4v) is 3.81. The molecule has 0 bridgehead atoms. The number of nitrogens with zero attached hydrogens (tertiary/aromatic N) is 1. The molecule has 0 radical (unpaired) electrons. The van der Waals surface area contributed by atoms with Crippen LogP contribution < -0.4 is 16.5 Å². The second kappa shape index (κ2) is 6.37. The van der Waals surface area contributed by atoms with Crippen molar-refractivity contribution in [2.45, 2.75) is 71.0 Å². The fourth-order valence-electron chi connectivity index (χ4n) is 3.81. The summed E-state index contributed by atoms with van der Waals surface area (Å²) < 4.78 is 0. The molecule has 132 valence electrons. The van der Waals surface area contributed by atoms with E-state index in [1.54, 1.807) is 0 Å². The molecule has 5 nitrogen and oxygen atoms in total. The van der Waals surface area contributed by atoms with Gasteiger partial charge in [-0.25, -0.2) is 5.01 Å². The molecule has 4 N–H and O–H groups in total. The van der Waals surface area contributed by atoms with E-state index >= 15 is 0 Å². The van der Waals surface area contributed by atoms with Crippen molar-refractivity contribution >= 4 is 11.6 Å². The van der Waals surface area contributed by atoms with Crippen molar-refractivity contribution in [1.82, 2.24) is 10.3 Å². The van der Waals surface area contributed by atoms with Crippen molar-refractivity contribution in [2.75, 3.05) is 12.0 Å². The SMILES string of the molecule is Cc1c(NN2CCC[C@H]2C(=O)NC(C)(C)C)ccc2c1CCC2N. The summed E-state index contributed by atoms with van der Waals surface area (Å²) in [4.78, 5) is 12.6. The average molecular weight is 330 g/mol. The fraction of sp³-hybridized carbons (Fsp3) is 0.632. The number of fused-ring (bicyclic) bond motifs is 1. The van der Waals surface area contributed by atoms with Gasteiger partial charge in [-0.15, -0.1) is 0 Å². The first kappa shape index (κ1) is 17.2. The van der Waals surface area contributed by atoms with Crippen molar-refractivity contribution < 1.29 is 4.79 Å². The van der Waals surface area contributed by atoms with Crippen molar-refractivity contribution in [2.24, 2.45) is 5.73 Å². The Kier molecular flexibility index (Phi) is 4.58. The van der Waals surface area contributed by atoms with E-state index < -0.39 is 0 Å². The highest BCUT2D eigenvalue weighted by Gasteiger charge is 2.33. The minimum absolute atomic E-state index is 0.105. The van der Waals surface area contributed by atoms with Crippen LogP contribution in [0.1, 0.15) is 62.8 Å². The summed E-state index contributed by atoms with van der Waals surface area (Å²) in [6.07, 6.45) is 4.00. The summed E-state index contributed by atoms with van der Waals surface area (Å²) >= 11 is 0. The van der Waals surface area contributed by atoms with Crippen molar-refractivity contribution in [3.8, 4) is 0 Å². The maximum absolute atomic E-state index is 12.6. The zero-order valence-electron chi connectivity index (χ0n) is 15.3. The number of carbonyl (C=O) groups excluding carboxylic acids is 1. The third-order valence-electron chi connectivity index (χ3n) is 5.06. The van der Waals surface area contributed by atoms with E-state index in [1.807, 2.05) is 20.8 Å². The van der Waals surface area contributed by atoms with Gasteiger partial charge in [-0.05, 0) is 76.1 Å². The van der Waals surface area contributed by atoms with E-state index in [-0.39, 0.29) is 23.5 Å². The van der Waals surface area contributed by atoms with E-state index in [2.05, 4.69) is 34.8 Å². The lowest BCUT2D eigenvalue weighted by atomic mass is 10.0. The molecule has 1 aromatic rings. The summed E-state index contributed by atoms with van der Waals surface area (Å²) in [5, 5.41) is 5.19. The summed E-state index contributed by atoms with van der Waals surface area (Å²) in [6, 6.07) is 4.31.